The molecule has 0 heterocycles. The van der Waals surface area contributed by atoms with Crippen molar-refractivity contribution in [1.82, 2.24) is 0 Å². The van der Waals surface area contributed by atoms with Crippen molar-refractivity contribution in [2.45, 2.75) is 18.7 Å². The summed E-state index contributed by atoms with van der Waals surface area (Å²) in [4.78, 5) is 10.9. The molecule has 0 amide bonds. The van der Waals surface area contributed by atoms with Crippen LogP contribution in [0.1, 0.15) is 21.5 Å². The molecule has 0 aromatic heterocycles. The summed E-state index contributed by atoms with van der Waals surface area (Å²) < 4.78 is 26.9. The molecule has 0 aliphatic carbocycles. The molecule has 0 fully saturated rings. The minimum absolute atomic E-state index is 0.0877. The second-order valence-electron chi connectivity index (χ2n) is 4.72. The van der Waals surface area contributed by atoms with E-state index in [1.54, 1.807) is 12.1 Å². The topological polar surface area (TPSA) is 86.3 Å². The lowest BCUT2D eigenvalue weighted by Gasteiger charge is -2.11. The number of nitrogens with one attached hydrogen (secondary N) is 1. The summed E-state index contributed by atoms with van der Waals surface area (Å²) in [5.41, 5.74) is 1.94. The first-order valence-corrected chi connectivity index (χ1v) is 7.69. The Kier molecular flexibility index (Phi) is 3.99. The van der Waals surface area contributed by atoms with Gasteiger partial charge in [0.15, 0.2) is 0 Å². The van der Waals surface area contributed by atoms with E-state index in [0.29, 0.717) is 0 Å². The third-order valence-electron chi connectivity index (χ3n) is 3.14. The lowest BCUT2D eigenvalue weighted by Crippen LogP contribution is -2.22. The van der Waals surface area contributed by atoms with Crippen molar-refractivity contribution >= 4 is 21.7 Å². The molecule has 0 aliphatic rings. The molecule has 0 bridgehead atoms. The molecular weight excluding hydrogens is 290 g/mol. The lowest BCUT2D eigenvalue weighted by molar-refractivity contribution is -0.255. The predicted molar refractivity (Wildman–Crippen MR) is 77.5 cm³/mol. The van der Waals surface area contributed by atoms with Crippen LogP contribution in [-0.2, 0) is 10.0 Å². The third-order valence-corrected chi connectivity index (χ3v) is 4.52. The van der Waals surface area contributed by atoms with Gasteiger partial charge in [-0.05, 0) is 54.8 Å². The van der Waals surface area contributed by atoms with Gasteiger partial charge in [-0.15, -0.1) is 0 Å². The molecule has 0 atom stereocenters. The quantitative estimate of drug-likeness (QED) is 0.926. The SMILES string of the molecule is Cc1ccc(S(=O)(=O)Nc2cccc(C(=O)[O-])c2)cc1C. The number of carbonyl (C=O) groups excluding carboxylic acids is 1. The van der Waals surface area contributed by atoms with Gasteiger partial charge in [-0.2, -0.15) is 0 Å². The van der Waals surface area contributed by atoms with Crippen LogP contribution in [-0.4, -0.2) is 14.4 Å². The minimum Gasteiger partial charge on any atom is -0.545 e. The molecule has 1 N–H and O–H groups in total. The van der Waals surface area contributed by atoms with Gasteiger partial charge < -0.3 is 9.90 Å². The van der Waals surface area contributed by atoms with Crippen LogP contribution in [0.5, 0.6) is 0 Å². The highest BCUT2D eigenvalue weighted by Crippen LogP contribution is 2.19. The smallest absolute Gasteiger partial charge is 0.261 e. The summed E-state index contributed by atoms with van der Waals surface area (Å²) in [6, 6.07) is 10.3. The van der Waals surface area contributed by atoms with Gasteiger partial charge in [-0.3, -0.25) is 4.72 Å². The molecule has 110 valence electrons. The second kappa shape index (κ2) is 5.57. The highest BCUT2D eigenvalue weighted by atomic mass is 32.2. The molecule has 0 saturated carbocycles. The molecule has 0 unspecified atom stereocenters. The Balaban J connectivity index is 2.35. The Morgan fingerprint density at radius 1 is 1.05 bits per heavy atom. The van der Waals surface area contributed by atoms with Gasteiger partial charge >= 0.3 is 0 Å². The Bertz CT molecular complexity index is 797. The van der Waals surface area contributed by atoms with E-state index in [2.05, 4.69) is 4.72 Å². The maximum atomic E-state index is 12.3. The van der Waals surface area contributed by atoms with E-state index in [-0.39, 0.29) is 16.1 Å². The van der Waals surface area contributed by atoms with E-state index in [4.69, 9.17) is 0 Å². The van der Waals surface area contributed by atoms with Gasteiger partial charge in [0.2, 0.25) is 0 Å². The first-order chi connectivity index (χ1) is 9.79. The number of aryl methyl sites for hydroxylation is 2. The maximum absolute atomic E-state index is 12.3. The number of carboxylic acid groups (broad SMARTS) is 1. The number of hydrogen-bond acceptors (Lipinski definition) is 4. The van der Waals surface area contributed by atoms with Crippen molar-refractivity contribution in [1.29, 1.82) is 0 Å². The van der Waals surface area contributed by atoms with E-state index in [0.717, 1.165) is 11.1 Å². The monoisotopic (exact) mass is 304 g/mol. The highest BCUT2D eigenvalue weighted by Gasteiger charge is 2.15. The number of benzene rings is 2. The maximum Gasteiger partial charge on any atom is 0.261 e. The number of rotatable bonds is 4. The van der Waals surface area contributed by atoms with E-state index >= 15 is 0 Å². The molecule has 2 rings (SSSR count). The average molecular weight is 304 g/mol. The van der Waals surface area contributed by atoms with E-state index in [1.807, 2.05) is 13.8 Å². The van der Waals surface area contributed by atoms with Crippen molar-refractivity contribution in [2.24, 2.45) is 0 Å². The van der Waals surface area contributed by atoms with Crippen LogP contribution in [0.15, 0.2) is 47.4 Å². The van der Waals surface area contributed by atoms with Gasteiger partial charge in [-0.1, -0.05) is 18.2 Å². The Morgan fingerprint density at radius 3 is 2.38 bits per heavy atom. The van der Waals surface area contributed by atoms with Crippen LogP contribution >= 0.6 is 0 Å². The summed E-state index contributed by atoms with van der Waals surface area (Å²) >= 11 is 0. The Hall–Kier alpha value is -2.34. The Morgan fingerprint density at radius 2 is 1.76 bits per heavy atom. The molecule has 21 heavy (non-hydrogen) atoms. The summed E-state index contributed by atoms with van der Waals surface area (Å²) in [6.45, 7) is 3.72. The summed E-state index contributed by atoms with van der Waals surface area (Å²) in [7, 11) is -3.76. The summed E-state index contributed by atoms with van der Waals surface area (Å²) in [5, 5.41) is 10.8. The Labute approximate surface area is 123 Å². The zero-order valence-electron chi connectivity index (χ0n) is 11.6. The number of hydrogen-bond donors (Lipinski definition) is 1. The van der Waals surface area contributed by atoms with Crippen molar-refractivity contribution in [3.05, 3.63) is 59.2 Å². The fourth-order valence-electron chi connectivity index (χ4n) is 1.80. The normalized spacial score (nSPS) is 11.1. The standard InChI is InChI=1S/C15H15NO4S/c1-10-6-7-14(8-11(10)2)21(19,20)16-13-5-3-4-12(9-13)15(17)18/h3-9,16H,1-2H3,(H,17,18)/p-1. The van der Waals surface area contributed by atoms with E-state index in [1.165, 1.54) is 30.3 Å². The number of anilines is 1. The lowest BCUT2D eigenvalue weighted by atomic mass is 10.1. The number of carboxylic acids is 1. The molecule has 0 aliphatic heterocycles. The first-order valence-electron chi connectivity index (χ1n) is 6.21. The van der Waals surface area contributed by atoms with Crippen molar-refractivity contribution < 1.29 is 18.3 Å². The zero-order valence-corrected chi connectivity index (χ0v) is 12.4. The summed E-state index contributed by atoms with van der Waals surface area (Å²) in [6.07, 6.45) is 0. The van der Waals surface area contributed by atoms with Crippen LogP contribution in [0.25, 0.3) is 0 Å². The zero-order chi connectivity index (χ0) is 15.6. The van der Waals surface area contributed by atoms with Gasteiger partial charge in [0.1, 0.15) is 0 Å². The molecule has 0 radical (unpaired) electrons. The predicted octanol–water partition coefficient (Wildman–Crippen LogP) is 1.47. The fourth-order valence-corrected chi connectivity index (χ4v) is 2.94. The number of carbonyl (C=O) groups is 1. The van der Waals surface area contributed by atoms with Gasteiger partial charge in [-0.25, -0.2) is 8.42 Å². The van der Waals surface area contributed by atoms with Gasteiger partial charge in [0, 0.05) is 5.69 Å². The molecule has 2 aromatic carbocycles. The van der Waals surface area contributed by atoms with Crippen LogP contribution in [0.2, 0.25) is 0 Å². The average Bonchev–Trinajstić information content (AvgIpc) is 2.41. The van der Waals surface area contributed by atoms with E-state index < -0.39 is 16.0 Å². The third kappa shape index (κ3) is 3.41. The molecule has 0 spiro atoms. The van der Waals surface area contributed by atoms with Crippen molar-refractivity contribution in [3.63, 3.8) is 0 Å². The minimum atomic E-state index is -3.76. The first kappa shape index (κ1) is 15.1. The molecular formula is C15H14NO4S-. The largest absolute Gasteiger partial charge is 0.545 e. The second-order valence-corrected chi connectivity index (χ2v) is 6.40. The molecule has 6 heteroatoms. The summed E-state index contributed by atoms with van der Waals surface area (Å²) in [5.74, 6) is -1.36. The molecule has 2 aromatic rings. The highest BCUT2D eigenvalue weighted by molar-refractivity contribution is 7.92. The molecule has 0 saturated heterocycles. The van der Waals surface area contributed by atoms with Crippen LogP contribution in [0.3, 0.4) is 0 Å². The number of aromatic carboxylic acids is 1. The molecule has 5 nitrogen and oxygen atoms in total. The van der Waals surface area contributed by atoms with Crippen LogP contribution < -0.4 is 9.83 Å². The van der Waals surface area contributed by atoms with Gasteiger partial charge in [0.25, 0.3) is 10.0 Å². The van der Waals surface area contributed by atoms with Crippen LogP contribution in [0, 0.1) is 13.8 Å². The van der Waals surface area contributed by atoms with Crippen molar-refractivity contribution in [2.75, 3.05) is 4.72 Å². The van der Waals surface area contributed by atoms with Crippen molar-refractivity contribution in [3.8, 4) is 0 Å². The number of sulfonamides is 1. The van der Waals surface area contributed by atoms with Crippen LogP contribution in [0.4, 0.5) is 5.69 Å². The van der Waals surface area contributed by atoms with E-state index in [9.17, 15) is 18.3 Å². The van der Waals surface area contributed by atoms with Gasteiger partial charge in [0.05, 0.1) is 10.9 Å². The fraction of sp³-hybridized carbons (Fsp3) is 0.133.